The van der Waals surface area contributed by atoms with E-state index in [-0.39, 0.29) is 23.5 Å². The molecule has 1 saturated carbocycles. The van der Waals surface area contributed by atoms with Gasteiger partial charge in [-0.2, -0.15) is 0 Å². The predicted octanol–water partition coefficient (Wildman–Crippen LogP) is 1.87. The summed E-state index contributed by atoms with van der Waals surface area (Å²) in [5.41, 5.74) is 0.793. The van der Waals surface area contributed by atoms with Crippen LogP contribution in [0, 0.1) is 0 Å². The highest BCUT2D eigenvalue weighted by atomic mass is 16.3. The second-order valence-corrected chi connectivity index (χ2v) is 9.00. The molecule has 2 aliphatic heterocycles. The van der Waals surface area contributed by atoms with E-state index in [0.29, 0.717) is 38.6 Å². The van der Waals surface area contributed by atoms with Crippen molar-refractivity contribution in [1.82, 2.24) is 24.6 Å². The molecule has 3 heterocycles. The van der Waals surface area contributed by atoms with Crippen LogP contribution in [0.25, 0.3) is 0 Å². The van der Waals surface area contributed by atoms with Crippen molar-refractivity contribution in [3.8, 4) is 0 Å². The molecule has 7 nitrogen and oxygen atoms in total. The molecular formula is C22H29N5O2. The van der Waals surface area contributed by atoms with Crippen LogP contribution in [0.3, 0.4) is 0 Å². The Hall–Kier alpha value is -2.25. The highest BCUT2D eigenvalue weighted by Gasteiger charge is 2.53. The summed E-state index contributed by atoms with van der Waals surface area (Å²) in [5.74, 6) is 2.01. The molecule has 0 radical (unpaired) electrons. The van der Waals surface area contributed by atoms with E-state index >= 15 is 0 Å². The number of nitrogens with zero attached hydrogens (tertiary/aromatic N) is 5. The Morgan fingerprint density at radius 3 is 2.62 bits per heavy atom. The maximum Gasteiger partial charge on any atom is 0.233 e. The Kier molecular flexibility index (Phi) is 4.47. The summed E-state index contributed by atoms with van der Waals surface area (Å²) in [6, 6.07) is 10.6. The number of carbonyl (C=O) groups excluding carboxylic acids is 1. The zero-order valence-corrected chi connectivity index (χ0v) is 17.2. The average Bonchev–Trinajstić information content (AvgIpc) is 3.29. The van der Waals surface area contributed by atoms with Gasteiger partial charge in [0.2, 0.25) is 5.91 Å². The number of aliphatic hydroxyl groups is 1. The fourth-order valence-corrected chi connectivity index (χ4v) is 5.07. The van der Waals surface area contributed by atoms with Crippen LogP contribution in [0.1, 0.15) is 56.4 Å². The Bertz CT molecular complexity index is 905. The van der Waals surface area contributed by atoms with Gasteiger partial charge >= 0.3 is 0 Å². The molecule has 1 saturated heterocycles. The molecular weight excluding hydrogens is 366 g/mol. The second kappa shape index (κ2) is 6.92. The summed E-state index contributed by atoms with van der Waals surface area (Å²) in [4.78, 5) is 17.6. The van der Waals surface area contributed by atoms with Gasteiger partial charge in [-0.1, -0.05) is 30.3 Å². The van der Waals surface area contributed by atoms with Crippen molar-refractivity contribution in [2.24, 2.45) is 0 Å². The molecule has 2 fully saturated rings. The summed E-state index contributed by atoms with van der Waals surface area (Å²) < 4.78 is 2.17. The summed E-state index contributed by atoms with van der Waals surface area (Å²) in [5, 5.41) is 19.1. The summed E-state index contributed by atoms with van der Waals surface area (Å²) in [6.45, 7) is 6.89. The van der Waals surface area contributed by atoms with Gasteiger partial charge in [0, 0.05) is 25.7 Å². The monoisotopic (exact) mass is 395 g/mol. The van der Waals surface area contributed by atoms with Crippen LogP contribution < -0.4 is 0 Å². The lowest BCUT2D eigenvalue weighted by Gasteiger charge is -2.33. The van der Waals surface area contributed by atoms with Gasteiger partial charge in [0.05, 0.1) is 24.1 Å². The summed E-state index contributed by atoms with van der Waals surface area (Å²) in [6.07, 6.45) is 2.22. The van der Waals surface area contributed by atoms with Gasteiger partial charge in [0.25, 0.3) is 0 Å². The van der Waals surface area contributed by atoms with Gasteiger partial charge in [0.1, 0.15) is 0 Å². The van der Waals surface area contributed by atoms with Crippen LogP contribution >= 0.6 is 0 Å². The fraction of sp³-hybridized carbons (Fsp3) is 0.591. The first-order valence-corrected chi connectivity index (χ1v) is 10.7. The Morgan fingerprint density at radius 1 is 1.17 bits per heavy atom. The van der Waals surface area contributed by atoms with Crippen molar-refractivity contribution in [2.75, 3.05) is 13.1 Å². The molecule has 1 N–H and O–H groups in total. The first-order chi connectivity index (χ1) is 14.0. The number of rotatable bonds is 4. The molecule has 0 spiro atoms. The van der Waals surface area contributed by atoms with E-state index in [4.69, 9.17) is 0 Å². The number of amides is 1. The molecule has 0 bridgehead atoms. The number of benzene rings is 1. The van der Waals surface area contributed by atoms with E-state index in [0.717, 1.165) is 30.1 Å². The van der Waals surface area contributed by atoms with Crippen LogP contribution in [-0.4, -0.2) is 60.8 Å². The zero-order valence-electron chi connectivity index (χ0n) is 17.2. The second-order valence-electron chi connectivity index (χ2n) is 9.00. The summed E-state index contributed by atoms with van der Waals surface area (Å²) >= 11 is 0. The Morgan fingerprint density at radius 2 is 1.93 bits per heavy atom. The van der Waals surface area contributed by atoms with Gasteiger partial charge < -0.3 is 14.6 Å². The molecule has 154 valence electrons. The van der Waals surface area contributed by atoms with E-state index in [1.165, 1.54) is 0 Å². The normalized spacial score (nSPS) is 26.0. The largest absolute Gasteiger partial charge is 0.392 e. The minimum Gasteiger partial charge on any atom is -0.392 e. The van der Waals surface area contributed by atoms with Gasteiger partial charge in [-0.25, -0.2) is 0 Å². The van der Waals surface area contributed by atoms with Gasteiger partial charge in [-0.3, -0.25) is 9.69 Å². The third-order valence-corrected chi connectivity index (χ3v) is 6.83. The van der Waals surface area contributed by atoms with Crippen LogP contribution in [0.4, 0.5) is 0 Å². The van der Waals surface area contributed by atoms with Crippen molar-refractivity contribution < 1.29 is 9.90 Å². The number of hydrogen-bond donors (Lipinski definition) is 1. The lowest BCUT2D eigenvalue weighted by molar-refractivity contribution is -0.135. The molecule has 1 aromatic carbocycles. The van der Waals surface area contributed by atoms with E-state index in [2.05, 4.69) is 45.6 Å². The molecule has 2 atom stereocenters. The maximum atomic E-state index is 13.4. The van der Waals surface area contributed by atoms with Crippen molar-refractivity contribution in [3.63, 3.8) is 0 Å². The highest BCUT2D eigenvalue weighted by Crippen LogP contribution is 2.50. The molecule has 0 unspecified atom stereocenters. The van der Waals surface area contributed by atoms with Crippen molar-refractivity contribution in [3.05, 3.63) is 47.5 Å². The zero-order chi connectivity index (χ0) is 20.2. The first-order valence-electron chi connectivity index (χ1n) is 10.7. The van der Waals surface area contributed by atoms with E-state index in [1.54, 1.807) is 0 Å². The third-order valence-electron chi connectivity index (χ3n) is 6.83. The number of β-amino-alcohol motifs (C(OH)–C–C–N with tert-alkyl or cyclic N) is 1. The topological polar surface area (TPSA) is 74.5 Å². The van der Waals surface area contributed by atoms with Crippen LogP contribution in [0.5, 0.6) is 0 Å². The molecule has 2 aromatic rings. The lowest BCUT2D eigenvalue weighted by Crippen LogP contribution is -2.44. The van der Waals surface area contributed by atoms with Crippen LogP contribution in [0.2, 0.25) is 0 Å². The predicted molar refractivity (Wildman–Crippen MR) is 108 cm³/mol. The Balaban J connectivity index is 1.36. The lowest BCUT2D eigenvalue weighted by atomic mass is 9.94. The molecule has 5 rings (SSSR count). The van der Waals surface area contributed by atoms with E-state index in [1.807, 2.05) is 23.1 Å². The SMILES string of the molecule is CC(C)N1C[C@@H](O)C[C@H]1c1nnc2n1CCN(C(=O)C1(c3ccccc3)CC1)C2. The van der Waals surface area contributed by atoms with Gasteiger partial charge in [-0.05, 0) is 38.7 Å². The number of aromatic nitrogens is 3. The maximum absolute atomic E-state index is 13.4. The van der Waals surface area contributed by atoms with Crippen LogP contribution in [-0.2, 0) is 23.3 Å². The highest BCUT2D eigenvalue weighted by molar-refractivity contribution is 5.91. The van der Waals surface area contributed by atoms with E-state index in [9.17, 15) is 9.90 Å². The van der Waals surface area contributed by atoms with Gasteiger partial charge in [0.15, 0.2) is 11.6 Å². The number of aliphatic hydroxyl groups excluding tert-OH is 1. The van der Waals surface area contributed by atoms with Gasteiger partial charge in [-0.15, -0.1) is 10.2 Å². The number of likely N-dealkylation sites (tertiary alicyclic amines) is 1. The molecule has 1 aromatic heterocycles. The molecule has 29 heavy (non-hydrogen) atoms. The smallest absolute Gasteiger partial charge is 0.233 e. The van der Waals surface area contributed by atoms with Crippen molar-refractivity contribution >= 4 is 5.91 Å². The first kappa shape index (κ1) is 18.8. The quantitative estimate of drug-likeness (QED) is 0.856. The van der Waals surface area contributed by atoms with Crippen molar-refractivity contribution in [1.29, 1.82) is 0 Å². The average molecular weight is 396 g/mol. The number of hydrogen-bond acceptors (Lipinski definition) is 5. The molecule has 3 aliphatic rings. The number of carbonyl (C=O) groups is 1. The number of fused-ring (bicyclic) bond motifs is 1. The standard InChI is InChI=1S/C22H29N5O2/c1-15(2)27-13-17(28)12-18(27)20-24-23-19-14-25(10-11-26(19)20)21(29)22(8-9-22)16-6-4-3-5-7-16/h3-7,15,17-18,28H,8-14H2,1-2H3/t17-,18-/m0/s1. The minimum atomic E-state index is -0.337. The molecule has 1 aliphatic carbocycles. The Labute approximate surface area is 171 Å². The minimum absolute atomic E-state index is 0.0904. The summed E-state index contributed by atoms with van der Waals surface area (Å²) in [7, 11) is 0. The third kappa shape index (κ3) is 3.07. The molecule has 1 amide bonds. The van der Waals surface area contributed by atoms with Crippen LogP contribution in [0.15, 0.2) is 30.3 Å². The molecule has 7 heteroatoms. The van der Waals surface area contributed by atoms with E-state index < -0.39 is 0 Å². The van der Waals surface area contributed by atoms with Crippen molar-refractivity contribution in [2.45, 2.75) is 69.8 Å². The fourth-order valence-electron chi connectivity index (χ4n) is 5.07.